The molecular formula is C16H23N3O2. The number of carbonyl (C=O) groups is 1. The first-order valence-electron chi connectivity index (χ1n) is 7.09. The fourth-order valence-corrected chi connectivity index (χ4v) is 2.08. The molecule has 0 radical (unpaired) electrons. The maximum atomic E-state index is 10.8. The summed E-state index contributed by atoms with van der Waals surface area (Å²) in [7, 11) is 4.06. The lowest BCUT2D eigenvalue weighted by Crippen LogP contribution is -2.29. The Morgan fingerprint density at radius 2 is 1.86 bits per heavy atom. The summed E-state index contributed by atoms with van der Waals surface area (Å²) >= 11 is 0. The van der Waals surface area contributed by atoms with Crippen molar-refractivity contribution in [3.05, 3.63) is 35.4 Å². The lowest BCUT2D eigenvalue weighted by atomic mass is 10.1. The number of carboxylic acids is 1. The van der Waals surface area contributed by atoms with Crippen molar-refractivity contribution in [2.75, 3.05) is 33.7 Å². The van der Waals surface area contributed by atoms with Gasteiger partial charge in [0.2, 0.25) is 0 Å². The highest BCUT2D eigenvalue weighted by Gasteiger charge is 2.09. The average molecular weight is 289 g/mol. The molecule has 1 N–H and O–H groups in total. The van der Waals surface area contributed by atoms with Crippen LogP contribution in [0, 0.1) is 11.3 Å². The third-order valence-electron chi connectivity index (χ3n) is 3.21. The quantitative estimate of drug-likeness (QED) is 0.750. The topological polar surface area (TPSA) is 67.6 Å². The molecule has 0 heterocycles. The molecule has 1 aromatic carbocycles. The van der Waals surface area contributed by atoms with Crippen molar-refractivity contribution in [3.63, 3.8) is 0 Å². The SMILES string of the molecule is CN(C)CCCN(CCC(=O)O)Cc1ccc(C#N)cc1. The number of carboxylic acid groups (broad SMARTS) is 1. The van der Waals surface area contributed by atoms with E-state index in [-0.39, 0.29) is 6.42 Å². The second-order valence-electron chi connectivity index (χ2n) is 5.39. The average Bonchev–Trinajstić information content (AvgIpc) is 2.45. The molecule has 5 heteroatoms. The molecule has 1 aromatic rings. The molecule has 0 aliphatic rings. The molecule has 0 spiro atoms. The minimum atomic E-state index is -0.771. The van der Waals surface area contributed by atoms with Gasteiger partial charge < -0.3 is 10.0 Å². The zero-order valence-electron chi connectivity index (χ0n) is 12.7. The molecule has 0 aromatic heterocycles. The van der Waals surface area contributed by atoms with E-state index in [1.165, 1.54) is 0 Å². The third kappa shape index (κ3) is 7.45. The summed E-state index contributed by atoms with van der Waals surface area (Å²) in [5.74, 6) is -0.771. The number of nitriles is 1. The van der Waals surface area contributed by atoms with Gasteiger partial charge in [0.05, 0.1) is 18.1 Å². The van der Waals surface area contributed by atoms with Gasteiger partial charge in [-0.05, 0) is 51.3 Å². The van der Waals surface area contributed by atoms with Gasteiger partial charge in [-0.2, -0.15) is 5.26 Å². The first-order valence-corrected chi connectivity index (χ1v) is 7.09. The summed E-state index contributed by atoms with van der Waals surface area (Å²) in [4.78, 5) is 15.0. The van der Waals surface area contributed by atoms with Crippen molar-refractivity contribution in [2.24, 2.45) is 0 Å². The highest BCUT2D eigenvalue weighted by atomic mass is 16.4. The van der Waals surface area contributed by atoms with E-state index in [0.29, 0.717) is 18.7 Å². The van der Waals surface area contributed by atoms with Crippen LogP contribution in [0.15, 0.2) is 24.3 Å². The van der Waals surface area contributed by atoms with E-state index in [0.717, 1.165) is 25.1 Å². The summed E-state index contributed by atoms with van der Waals surface area (Å²) in [6.07, 6.45) is 1.15. The first kappa shape index (κ1) is 17.2. The minimum absolute atomic E-state index is 0.151. The fraction of sp³-hybridized carbons (Fsp3) is 0.500. The van der Waals surface area contributed by atoms with E-state index >= 15 is 0 Å². The predicted octanol–water partition coefficient (Wildman–Crippen LogP) is 1.79. The molecule has 0 atom stereocenters. The monoisotopic (exact) mass is 289 g/mol. The Balaban J connectivity index is 2.57. The lowest BCUT2D eigenvalue weighted by Gasteiger charge is -2.22. The first-order chi connectivity index (χ1) is 10.0. The van der Waals surface area contributed by atoms with Gasteiger partial charge in [0.1, 0.15) is 0 Å². The molecule has 0 fully saturated rings. The largest absolute Gasteiger partial charge is 0.481 e. The smallest absolute Gasteiger partial charge is 0.304 e. The van der Waals surface area contributed by atoms with Crippen LogP contribution in [0.4, 0.5) is 0 Å². The Morgan fingerprint density at radius 1 is 1.19 bits per heavy atom. The van der Waals surface area contributed by atoms with Crippen LogP contribution in [0.5, 0.6) is 0 Å². The zero-order chi connectivity index (χ0) is 15.7. The van der Waals surface area contributed by atoms with Crippen molar-refractivity contribution < 1.29 is 9.90 Å². The summed E-state index contributed by atoms with van der Waals surface area (Å²) in [6, 6.07) is 9.55. The van der Waals surface area contributed by atoms with E-state index in [4.69, 9.17) is 10.4 Å². The maximum absolute atomic E-state index is 10.8. The van der Waals surface area contributed by atoms with E-state index in [1.54, 1.807) is 12.1 Å². The molecule has 0 bridgehead atoms. The second kappa shape index (κ2) is 9.11. The summed E-state index contributed by atoms with van der Waals surface area (Å²) in [5, 5.41) is 17.6. The van der Waals surface area contributed by atoms with Gasteiger partial charge in [-0.15, -0.1) is 0 Å². The van der Waals surface area contributed by atoms with Crippen molar-refractivity contribution in [2.45, 2.75) is 19.4 Å². The van der Waals surface area contributed by atoms with Crippen molar-refractivity contribution in [3.8, 4) is 6.07 Å². The van der Waals surface area contributed by atoms with Crippen LogP contribution in [0.1, 0.15) is 24.0 Å². The second-order valence-corrected chi connectivity index (χ2v) is 5.39. The van der Waals surface area contributed by atoms with E-state index in [2.05, 4.69) is 15.9 Å². The van der Waals surface area contributed by atoms with E-state index in [1.807, 2.05) is 26.2 Å². The molecule has 0 amide bonds. The summed E-state index contributed by atoms with van der Waals surface area (Å²) < 4.78 is 0. The number of benzene rings is 1. The van der Waals surface area contributed by atoms with Crippen LogP contribution >= 0.6 is 0 Å². The summed E-state index contributed by atoms with van der Waals surface area (Å²) in [6.45, 7) is 3.11. The fourth-order valence-electron chi connectivity index (χ4n) is 2.08. The Kier molecular flexibility index (Phi) is 7.44. The van der Waals surface area contributed by atoms with Gasteiger partial charge >= 0.3 is 5.97 Å². The molecule has 0 aliphatic carbocycles. The molecule has 0 aliphatic heterocycles. The normalized spacial score (nSPS) is 10.8. The van der Waals surface area contributed by atoms with Gasteiger partial charge in [-0.25, -0.2) is 0 Å². The Bertz CT molecular complexity index is 477. The number of hydrogen-bond donors (Lipinski definition) is 1. The van der Waals surface area contributed by atoms with Crippen LogP contribution < -0.4 is 0 Å². The van der Waals surface area contributed by atoms with E-state index in [9.17, 15) is 4.79 Å². The highest BCUT2D eigenvalue weighted by molar-refractivity contribution is 5.66. The van der Waals surface area contributed by atoms with Gasteiger partial charge in [-0.1, -0.05) is 12.1 Å². The van der Waals surface area contributed by atoms with Crippen molar-refractivity contribution in [1.82, 2.24) is 9.80 Å². The predicted molar refractivity (Wildman–Crippen MR) is 81.9 cm³/mol. The van der Waals surface area contributed by atoms with Crippen LogP contribution in [0.25, 0.3) is 0 Å². The van der Waals surface area contributed by atoms with Crippen LogP contribution in [-0.2, 0) is 11.3 Å². The molecule has 0 unspecified atom stereocenters. The van der Waals surface area contributed by atoms with Crippen LogP contribution in [-0.4, -0.2) is 54.6 Å². The molecule has 0 saturated carbocycles. The molecule has 21 heavy (non-hydrogen) atoms. The molecule has 0 saturated heterocycles. The zero-order valence-corrected chi connectivity index (χ0v) is 12.7. The van der Waals surface area contributed by atoms with Crippen LogP contribution in [0.2, 0.25) is 0 Å². The molecule has 1 rings (SSSR count). The number of hydrogen-bond acceptors (Lipinski definition) is 4. The van der Waals surface area contributed by atoms with Crippen molar-refractivity contribution in [1.29, 1.82) is 5.26 Å². The Hall–Kier alpha value is -1.90. The minimum Gasteiger partial charge on any atom is -0.481 e. The third-order valence-corrected chi connectivity index (χ3v) is 3.21. The highest BCUT2D eigenvalue weighted by Crippen LogP contribution is 2.08. The van der Waals surface area contributed by atoms with Gasteiger partial charge in [-0.3, -0.25) is 9.69 Å². The van der Waals surface area contributed by atoms with Gasteiger partial charge in [0, 0.05) is 13.1 Å². The maximum Gasteiger partial charge on any atom is 0.304 e. The summed E-state index contributed by atoms with van der Waals surface area (Å²) in [5.41, 5.74) is 1.74. The number of nitrogens with zero attached hydrogens (tertiary/aromatic N) is 3. The van der Waals surface area contributed by atoms with Crippen LogP contribution in [0.3, 0.4) is 0 Å². The van der Waals surface area contributed by atoms with Gasteiger partial charge in [0.25, 0.3) is 0 Å². The van der Waals surface area contributed by atoms with Gasteiger partial charge in [0.15, 0.2) is 0 Å². The number of rotatable bonds is 9. The lowest BCUT2D eigenvalue weighted by molar-refractivity contribution is -0.137. The number of aliphatic carboxylic acids is 1. The van der Waals surface area contributed by atoms with E-state index < -0.39 is 5.97 Å². The molecule has 114 valence electrons. The Morgan fingerprint density at radius 3 is 2.38 bits per heavy atom. The molecular weight excluding hydrogens is 266 g/mol. The standard InChI is InChI=1S/C16H23N3O2/c1-18(2)9-3-10-19(11-8-16(20)21)13-15-6-4-14(12-17)5-7-15/h4-7H,3,8-11,13H2,1-2H3,(H,20,21). The Labute approximate surface area is 126 Å². The van der Waals surface area contributed by atoms with Crippen molar-refractivity contribution >= 4 is 5.97 Å². The molecule has 5 nitrogen and oxygen atoms in total.